The van der Waals surface area contributed by atoms with Gasteiger partial charge < -0.3 is 10.5 Å². The SMILES string of the molecule is N=C(N)CCCOc1c(Cl)cc([N+](=O)[O-])cc1Cl. The van der Waals surface area contributed by atoms with E-state index < -0.39 is 4.92 Å². The summed E-state index contributed by atoms with van der Waals surface area (Å²) in [6.45, 7) is 0.275. The molecule has 1 aromatic rings. The van der Waals surface area contributed by atoms with E-state index in [4.69, 9.17) is 39.1 Å². The number of rotatable bonds is 6. The van der Waals surface area contributed by atoms with Crippen molar-refractivity contribution in [2.24, 2.45) is 5.73 Å². The summed E-state index contributed by atoms with van der Waals surface area (Å²) < 4.78 is 5.31. The highest BCUT2D eigenvalue weighted by molar-refractivity contribution is 6.37. The average Bonchev–Trinajstić information content (AvgIpc) is 2.26. The zero-order valence-corrected chi connectivity index (χ0v) is 10.8. The monoisotopic (exact) mass is 291 g/mol. The fourth-order valence-electron chi connectivity index (χ4n) is 1.23. The van der Waals surface area contributed by atoms with Gasteiger partial charge in [0.05, 0.1) is 27.4 Å². The van der Waals surface area contributed by atoms with E-state index in [0.717, 1.165) is 0 Å². The third-order valence-electron chi connectivity index (χ3n) is 2.03. The van der Waals surface area contributed by atoms with Crippen molar-refractivity contribution in [2.45, 2.75) is 12.8 Å². The molecule has 0 bridgehead atoms. The Morgan fingerprint density at radius 2 is 2.00 bits per heavy atom. The highest BCUT2D eigenvalue weighted by atomic mass is 35.5. The second-order valence-corrected chi connectivity index (χ2v) is 4.29. The van der Waals surface area contributed by atoms with E-state index >= 15 is 0 Å². The number of nitro benzene ring substituents is 1. The number of hydrogen-bond acceptors (Lipinski definition) is 4. The van der Waals surface area contributed by atoms with Gasteiger partial charge in [-0.15, -0.1) is 0 Å². The number of ether oxygens (including phenoxy) is 1. The Hall–Kier alpha value is -1.53. The van der Waals surface area contributed by atoms with Crippen molar-refractivity contribution >= 4 is 34.7 Å². The number of nitrogens with two attached hydrogens (primary N) is 1. The third-order valence-corrected chi connectivity index (χ3v) is 2.59. The summed E-state index contributed by atoms with van der Waals surface area (Å²) >= 11 is 11.7. The van der Waals surface area contributed by atoms with Gasteiger partial charge in [-0.05, 0) is 6.42 Å². The van der Waals surface area contributed by atoms with Gasteiger partial charge in [-0.1, -0.05) is 23.2 Å². The van der Waals surface area contributed by atoms with E-state index in [-0.39, 0.29) is 33.9 Å². The van der Waals surface area contributed by atoms with Crippen LogP contribution in [0.25, 0.3) is 0 Å². The molecule has 0 aromatic heterocycles. The molecule has 0 atom stereocenters. The van der Waals surface area contributed by atoms with Gasteiger partial charge in [0.15, 0.2) is 5.75 Å². The summed E-state index contributed by atoms with van der Waals surface area (Å²) in [5, 5.41) is 17.8. The number of nitrogens with one attached hydrogen (secondary N) is 1. The lowest BCUT2D eigenvalue weighted by atomic mass is 10.3. The van der Waals surface area contributed by atoms with Crippen LogP contribution >= 0.6 is 23.2 Å². The molecule has 98 valence electrons. The lowest BCUT2D eigenvalue weighted by Gasteiger charge is -2.09. The predicted molar refractivity (Wildman–Crippen MR) is 69.8 cm³/mol. The molecule has 18 heavy (non-hydrogen) atoms. The largest absolute Gasteiger partial charge is 0.490 e. The smallest absolute Gasteiger partial charge is 0.272 e. The number of benzene rings is 1. The van der Waals surface area contributed by atoms with Gasteiger partial charge in [-0.25, -0.2) is 0 Å². The molecule has 0 aliphatic heterocycles. The van der Waals surface area contributed by atoms with Crippen molar-refractivity contribution in [3.63, 3.8) is 0 Å². The van der Waals surface area contributed by atoms with Gasteiger partial charge in [0.1, 0.15) is 0 Å². The van der Waals surface area contributed by atoms with Gasteiger partial charge in [-0.3, -0.25) is 15.5 Å². The zero-order chi connectivity index (χ0) is 13.7. The molecule has 8 heteroatoms. The molecule has 0 radical (unpaired) electrons. The number of nitrogens with zero attached hydrogens (tertiary/aromatic N) is 1. The van der Waals surface area contributed by atoms with Crippen molar-refractivity contribution in [3.8, 4) is 5.75 Å². The van der Waals surface area contributed by atoms with E-state index in [1.807, 2.05) is 0 Å². The standard InChI is InChI=1S/C10H11Cl2N3O3/c11-7-4-6(15(16)17)5-8(12)10(7)18-3-1-2-9(13)14/h4-5H,1-3H2,(H3,13,14). The fraction of sp³-hybridized carbons (Fsp3) is 0.300. The highest BCUT2D eigenvalue weighted by Gasteiger charge is 2.15. The fourth-order valence-corrected chi connectivity index (χ4v) is 1.81. The van der Waals surface area contributed by atoms with Crippen LogP contribution in [0.4, 0.5) is 5.69 Å². The lowest BCUT2D eigenvalue weighted by molar-refractivity contribution is -0.384. The molecule has 0 saturated heterocycles. The Bertz CT molecular complexity index is 456. The zero-order valence-electron chi connectivity index (χ0n) is 9.28. The molecule has 1 aromatic carbocycles. The minimum atomic E-state index is -0.586. The topological polar surface area (TPSA) is 102 Å². The molecule has 0 fully saturated rings. The summed E-state index contributed by atoms with van der Waals surface area (Å²) in [6.07, 6.45) is 0.946. The Balaban J connectivity index is 2.72. The maximum atomic E-state index is 10.6. The van der Waals surface area contributed by atoms with Crippen molar-refractivity contribution in [2.75, 3.05) is 6.61 Å². The van der Waals surface area contributed by atoms with Crippen molar-refractivity contribution < 1.29 is 9.66 Å². The predicted octanol–water partition coefficient (Wildman–Crippen LogP) is 3.00. The molecule has 0 heterocycles. The molecule has 1 rings (SSSR count). The quantitative estimate of drug-likeness (QED) is 0.276. The molecule has 0 aliphatic rings. The van der Waals surface area contributed by atoms with Crippen molar-refractivity contribution in [1.82, 2.24) is 0 Å². The number of amidine groups is 1. The molecule has 0 spiro atoms. The molecule has 6 nitrogen and oxygen atoms in total. The van der Waals surface area contributed by atoms with Gasteiger partial charge in [0, 0.05) is 18.6 Å². The Kier molecular flexibility index (Phi) is 5.18. The molecular weight excluding hydrogens is 281 g/mol. The molecule has 0 amide bonds. The third kappa shape index (κ3) is 4.05. The van der Waals surface area contributed by atoms with E-state index in [0.29, 0.717) is 12.8 Å². The number of halogens is 2. The Morgan fingerprint density at radius 1 is 1.44 bits per heavy atom. The highest BCUT2D eigenvalue weighted by Crippen LogP contribution is 2.36. The first kappa shape index (κ1) is 14.5. The normalized spacial score (nSPS) is 10.1. The lowest BCUT2D eigenvalue weighted by Crippen LogP contribution is -2.11. The molecular formula is C10H11Cl2N3O3. The maximum absolute atomic E-state index is 10.6. The van der Waals surface area contributed by atoms with Gasteiger partial charge >= 0.3 is 0 Å². The second kappa shape index (κ2) is 6.42. The van der Waals surface area contributed by atoms with Crippen LogP contribution in [0.2, 0.25) is 10.0 Å². The van der Waals surface area contributed by atoms with Gasteiger partial charge in [0.25, 0.3) is 5.69 Å². The van der Waals surface area contributed by atoms with E-state index in [9.17, 15) is 10.1 Å². The molecule has 3 N–H and O–H groups in total. The van der Waals surface area contributed by atoms with E-state index in [1.54, 1.807) is 0 Å². The first-order valence-corrected chi connectivity index (χ1v) is 5.76. The van der Waals surface area contributed by atoms with Crippen LogP contribution in [-0.4, -0.2) is 17.4 Å². The number of nitro groups is 1. The van der Waals surface area contributed by atoms with Crippen LogP contribution in [0.1, 0.15) is 12.8 Å². The van der Waals surface area contributed by atoms with Crippen LogP contribution in [-0.2, 0) is 0 Å². The van der Waals surface area contributed by atoms with Crippen LogP contribution < -0.4 is 10.5 Å². The Morgan fingerprint density at radius 3 is 2.44 bits per heavy atom. The van der Waals surface area contributed by atoms with Gasteiger partial charge in [0.2, 0.25) is 0 Å². The van der Waals surface area contributed by atoms with Gasteiger partial charge in [-0.2, -0.15) is 0 Å². The van der Waals surface area contributed by atoms with Crippen LogP contribution in [0.15, 0.2) is 12.1 Å². The Labute approximate surface area is 113 Å². The van der Waals surface area contributed by atoms with E-state index in [1.165, 1.54) is 12.1 Å². The number of non-ortho nitro benzene ring substituents is 1. The van der Waals surface area contributed by atoms with Crippen LogP contribution in [0, 0.1) is 15.5 Å². The first-order valence-electron chi connectivity index (χ1n) is 5.01. The molecule has 0 unspecified atom stereocenters. The summed E-state index contributed by atoms with van der Waals surface area (Å²) in [5.41, 5.74) is 4.99. The molecule has 0 saturated carbocycles. The van der Waals surface area contributed by atoms with Crippen LogP contribution in [0.5, 0.6) is 5.75 Å². The summed E-state index contributed by atoms with van der Waals surface area (Å²) in [5.74, 6) is 0.270. The molecule has 0 aliphatic carbocycles. The summed E-state index contributed by atoms with van der Waals surface area (Å²) in [7, 11) is 0. The number of hydrogen-bond donors (Lipinski definition) is 2. The summed E-state index contributed by atoms with van der Waals surface area (Å²) in [6, 6.07) is 2.35. The minimum Gasteiger partial charge on any atom is -0.490 e. The maximum Gasteiger partial charge on any atom is 0.272 e. The van der Waals surface area contributed by atoms with Crippen LogP contribution in [0.3, 0.4) is 0 Å². The summed E-state index contributed by atoms with van der Waals surface area (Å²) in [4.78, 5) is 9.98. The average molecular weight is 292 g/mol. The van der Waals surface area contributed by atoms with Crippen molar-refractivity contribution in [1.29, 1.82) is 5.41 Å². The first-order chi connectivity index (χ1) is 8.41. The second-order valence-electron chi connectivity index (χ2n) is 3.47. The van der Waals surface area contributed by atoms with E-state index in [2.05, 4.69) is 0 Å². The minimum absolute atomic E-state index is 0.0690. The van der Waals surface area contributed by atoms with Crippen molar-refractivity contribution in [3.05, 3.63) is 32.3 Å².